The minimum Gasteiger partial charge on any atom is -0.326 e. The molecule has 1 heterocycles. The molecule has 0 unspecified atom stereocenters. The molecule has 0 aliphatic rings. The molecule has 100 valence electrons. The second-order valence-electron chi connectivity index (χ2n) is 4.46. The van der Waals surface area contributed by atoms with Crippen molar-refractivity contribution < 1.29 is 4.79 Å². The van der Waals surface area contributed by atoms with E-state index in [0.29, 0.717) is 23.7 Å². The standard InChI is InChI=1S/C14H16ClN3O/c1-10-8-11(2)18(17-10)7-6-14(19)16-13-5-3-4-12(15)9-13/h3-5,8-9H,6-7H2,1-2H3,(H,16,19). The Bertz CT molecular complexity index is 592. The minimum absolute atomic E-state index is 0.0465. The first-order valence-electron chi connectivity index (χ1n) is 6.11. The molecule has 0 radical (unpaired) electrons. The minimum atomic E-state index is -0.0465. The lowest BCUT2D eigenvalue weighted by Gasteiger charge is -2.06. The summed E-state index contributed by atoms with van der Waals surface area (Å²) in [5.41, 5.74) is 2.74. The predicted octanol–water partition coefficient (Wildman–Crippen LogP) is 3.18. The number of hydrogen-bond acceptors (Lipinski definition) is 2. The van der Waals surface area contributed by atoms with E-state index in [1.807, 2.05) is 30.7 Å². The average molecular weight is 278 g/mol. The number of hydrogen-bond donors (Lipinski definition) is 1. The van der Waals surface area contributed by atoms with Gasteiger partial charge in [0, 0.05) is 29.4 Å². The maximum Gasteiger partial charge on any atom is 0.226 e. The lowest BCUT2D eigenvalue weighted by molar-refractivity contribution is -0.116. The second-order valence-corrected chi connectivity index (χ2v) is 4.90. The van der Waals surface area contributed by atoms with Crippen molar-refractivity contribution in [3.05, 3.63) is 46.7 Å². The Hall–Kier alpha value is -1.81. The smallest absolute Gasteiger partial charge is 0.226 e. The van der Waals surface area contributed by atoms with Gasteiger partial charge in [0.05, 0.1) is 5.69 Å². The van der Waals surface area contributed by atoms with Crippen molar-refractivity contribution in [2.24, 2.45) is 0 Å². The number of anilines is 1. The van der Waals surface area contributed by atoms with E-state index in [1.165, 1.54) is 0 Å². The number of nitrogens with zero attached hydrogens (tertiary/aromatic N) is 2. The number of halogens is 1. The van der Waals surface area contributed by atoms with Crippen molar-refractivity contribution in [2.45, 2.75) is 26.8 Å². The van der Waals surface area contributed by atoms with Crippen molar-refractivity contribution in [1.82, 2.24) is 9.78 Å². The summed E-state index contributed by atoms with van der Waals surface area (Å²) >= 11 is 5.86. The summed E-state index contributed by atoms with van der Waals surface area (Å²) in [6.45, 7) is 4.50. The van der Waals surface area contributed by atoms with Crippen LogP contribution in [0.1, 0.15) is 17.8 Å². The number of nitrogens with one attached hydrogen (secondary N) is 1. The summed E-state index contributed by atoms with van der Waals surface area (Å²) in [6, 6.07) is 9.11. The molecule has 19 heavy (non-hydrogen) atoms. The molecule has 0 spiro atoms. The van der Waals surface area contributed by atoms with Gasteiger partial charge in [0.25, 0.3) is 0 Å². The number of carbonyl (C=O) groups excluding carboxylic acids is 1. The molecular weight excluding hydrogens is 262 g/mol. The quantitative estimate of drug-likeness (QED) is 0.933. The number of aromatic nitrogens is 2. The molecule has 2 rings (SSSR count). The van der Waals surface area contributed by atoms with Gasteiger partial charge >= 0.3 is 0 Å². The molecule has 4 nitrogen and oxygen atoms in total. The molecule has 0 bridgehead atoms. The van der Waals surface area contributed by atoms with E-state index in [4.69, 9.17) is 11.6 Å². The largest absolute Gasteiger partial charge is 0.326 e. The lowest BCUT2D eigenvalue weighted by atomic mass is 10.3. The fourth-order valence-corrected chi connectivity index (χ4v) is 2.09. The lowest BCUT2D eigenvalue weighted by Crippen LogP contribution is -2.15. The third-order valence-corrected chi connectivity index (χ3v) is 3.00. The van der Waals surface area contributed by atoms with E-state index in [1.54, 1.807) is 18.2 Å². The highest BCUT2D eigenvalue weighted by Crippen LogP contribution is 2.15. The summed E-state index contributed by atoms with van der Waals surface area (Å²) in [5.74, 6) is -0.0465. The van der Waals surface area contributed by atoms with E-state index in [-0.39, 0.29) is 5.91 Å². The summed E-state index contributed by atoms with van der Waals surface area (Å²) in [6.07, 6.45) is 0.383. The first kappa shape index (κ1) is 13.6. The zero-order valence-corrected chi connectivity index (χ0v) is 11.7. The highest BCUT2D eigenvalue weighted by atomic mass is 35.5. The van der Waals surface area contributed by atoms with Gasteiger partial charge < -0.3 is 5.32 Å². The molecule has 0 atom stereocenters. The molecule has 2 aromatic rings. The van der Waals surface area contributed by atoms with Crippen LogP contribution in [0, 0.1) is 13.8 Å². The summed E-state index contributed by atoms with van der Waals surface area (Å²) in [7, 11) is 0. The molecule has 5 heteroatoms. The van der Waals surface area contributed by atoms with E-state index < -0.39 is 0 Å². The fourth-order valence-electron chi connectivity index (χ4n) is 1.90. The molecule has 0 aliphatic heterocycles. The summed E-state index contributed by atoms with van der Waals surface area (Å²) < 4.78 is 1.84. The van der Waals surface area contributed by atoms with Gasteiger partial charge in [-0.15, -0.1) is 0 Å². The topological polar surface area (TPSA) is 46.9 Å². The molecular formula is C14H16ClN3O. The van der Waals surface area contributed by atoms with Gasteiger partial charge in [0.15, 0.2) is 0 Å². The molecule has 0 fully saturated rings. The predicted molar refractivity (Wildman–Crippen MR) is 76.4 cm³/mol. The molecule has 1 N–H and O–H groups in total. The van der Waals surface area contributed by atoms with E-state index in [2.05, 4.69) is 10.4 Å². The Morgan fingerprint density at radius 2 is 2.16 bits per heavy atom. The fraction of sp³-hybridized carbons (Fsp3) is 0.286. The Morgan fingerprint density at radius 1 is 1.37 bits per heavy atom. The van der Waals surface area contributed by atoms with Crippen molar-refractivity contribution in [1.29, 1.82) is 0 Å². The average Bonchev–Trinajstić information content (AvgIpc) is 2.65. The maximum absolute atomic E-state index is 11.8. The molecule has 0 saturated heterocycles. The number of benzene rings is 1. The van der Waals surface area contributed by atoms with Crippen molar-refractivity contribution in [2.75, 3.05) is 5.32 Å². The second kappa shape index (κ2) is 5.89. The van der Waals surface area contributed by atoms with Crippen molar-refractivity contribution in [3.8, 4) is 0 Å². The van der Waals surface area contributed by atoms with E-state index in [0.717, 1.165) is 11.4 Å². The normalized spacial score (nSPS) is 10.5. The monoisotopic (exact) mass is 277 g/mol. The van der Waals surface area contributed by atoms with Gasteiger partial charge in [-0.1, -0.05) is 17.7 Å². The van der Waals surface area contributed by atoms with Gasteiger partial charge in [-0.25, -0.2) is 0 Å². The van der Waals surface area contributed by atoms with Crippen LogP contribution in [-0.2, 0) is 11.3 Å². The first-order valence-corrected chi connectivity index (χ1v) is 6.49. The van der Waals surface area contributed by atoms with Crippen LogP contribution in [0.3, 0.4) is 0 Å². The van der Waals surface area contributed by atoms with Gasteiger partial charge in [-0.3, -0.25) is 9.48 Å². The third kappa shape index (κ3) is 3.83. The van der Waals surface area contributed by atoms with Crippen LogP contribution in [0.15, 0.2) is 30.3 Å². The molecule has 1 amide bonds. The highest BCUT2D eigenvalue weighted by molar-refractivity contribution is 6.30. The zero-order valence-electron chi connectivity index (χ0n) is 11.0. The zero-order chi connectivity index (χ0) is 13.8. The highest BCUT2D eigenvalue weighted by Gasteiger charge is 2.06. The number of amides is 1. The number of rotatable bonds is 4. The van der Waals surface area contributed by atoms with Crippen LogP contribution in [0.25, 0.3) is 0 Å². The van der Waals surface area contributed by atoms with Crippen LogP contribution in [0.2, 0.25) is 5.02 Å². The van der Waals surface area contributed by atoms with Crippen LogP contribution in [0.5, 0.6) is 0 Å². The SMILES string of the molecule is Cc1cc(C)n(CCC(=O)Nc2cccc(Cl)c2)n1. The third-order valence-electron chi connectivity index (χ3n) is 2.76. The summed E-state index contributed by atoms with van der Waals surface area (Å²) in [4.78, 5) is 11.8. The first-order chi connectivity index (χ1) is 9.04. The number of carbonyl (C=O) groups is 1. The Balaban J connectivity index is 1.90. The van der Waals surface area contributed by atoms with Crippen molar-refractivity contribution in [3.63, 3.8) is 0 Å². The van der Waals surface area contributed by atoms with Crippen LogP contribution in [-0.4, -0.2) is 15.7 Å². The molecule has 0 saturated carbocycles. The number of aryl methyl sites for hydroxylation is 3. The Kier molecular flexibility index (Phi) is 4.22. The van der Waals surface area contributed by atoms with Gasteiger partial charge in [-0.05, 0) is 38.1 Å². The Labute approximate surface area is 117 Å². The van der Waals surface area contributed by atoms with E-state index >= 15 is 0 Å². The van der Waals surface area contributed by atoms with Crippen LogP contribution >= 0.6 is 11.6 Å². The van der Waals surface area contributed by atoms with E-state index in [9.17, 15) is 4.79 Å². The summed E-state index contributed by atoms with van der Waals surface area (Å²) in [5, 5.41) is 7.74. The van der Waals surface area contributed by atoms with Gasteiger partial charge in [0.1, 0.15) is 0 Å². The molecule has 1 aromatic heterocycles. The van der Waals surface area contributed by atoms with Crippen LogP contribution < -0.4 is 5.32 Å². The molecule has 1 aromatic carbocycles. The van der Waals surface area contributed by atoms with Crippen LogP contribution in [0.4, 0.5) is 5.69 Å². The Morgan fingerprint density at radius 3 is 2.79 bits per heavy atom. The van der Waals surface area contributed by atoms with Gasteiger partial charge in [0.2, 0.25) is 5.91 Å². The molecule has 0 aliphatic carbocycles. The van der Waals surface area contributed by atoms with Crippen molar-refractivity contribution >= 4 is 23.2 Å². The maximum atomic E-state index is 11.8. The van der Waals surface area contributed by atoms with Gasteiger partial charge in [-0.2, -0.15) is 5.10 Å².